The van der Waals surface area contributed by atoms with Crippen LogP contribution in [0.2, 0.25) is 5.02 Å². The zero-order chi connectivity index (χ0) is 19.2. The first kappa shape index (κ1) is 19.8. The number of rotatable bonds is 3. The van der Waals surface area contributed by atoms with E-state index in [4.69, 9.17) is 16.3 Å². The average Bonchev–Trinajstić information content (AvgIpc) is 2.96. The molecule has 0 aromatic heterocycles. The summed E-state index contributed by atoms with van der Waals surface area (Å²) in [5.74, 6) is -0.380. The Morgan fingerprint density at radius 1 is 1.07 bits per heavy atom. The summed E-state index contributed by atoms with van der Waals surface area (Å²) in [6, 6.07) is 5.48. The van der Waals surface area contributed by atoms with E-state index in [9.17, 15) is 9.59 Å². The number of ether oxygens (including phenoxy) is 1. The number of amides is 2. The summed E-state index contributed by atoms with van der Waals surface area (Å²) in [5.41, 5.74) is 1.29. The predicted octanol–water partition coefficient (Wildman–Crippen LogP) is 3.68. The van der Waals surface area contributed by atoms with E-state index in [0.717, 1.165) is 18.5 Å². The second kappa shape index (κ2) is 9.31. The van der Waals surface area contributed by atoms with Gasteiger partial charge in [-0.25, -0.2) is 9.59 Å². The Kier molecular flexibility index (Phi) is 6.83. The maximum absolute atomic E-state index is 12.6. The highest BCUT2D eigenvalue weighted by Crippen LogP contribution is 2.28. The van der Waals surface area contributed by atoms with Gasteiger partial charge in [-0.05, 0) is 31.0 Å². The number of nitrogens with zero attached hydrogens (tertiary/aromatic N) is 2. The molecule has 0 unspecified atom stereocenters. The van der Waals surface area contributed by atoms with Gasteiger partial charge in [-0.2, -0.15) is 0 Å². The molecule has 1 heterocycles. The molecule has 0 atom stereocenters. The number of carbonyl (C=O) groups is 2. The molecule has 1 saturated carbocycles. The highest BCUT2D eigenvalue weighted by Gasteiger charge is 2.25. The number of piperazine rings is 1. The number of carbonyl (C=O) groups excluding carboxylic acids is 2. The Balaban J connectivity index is 1.57. The Labute approximate surface area is 165 Å². The molecule has 0 bridgehead atoms. The molecule has 1 aromatic carbocycles. The number of benzene rings is 1. The Hall–Kier alpha value is -1.95. The van der Waals surface area contributed by atoms with Gasteiger partial charge in [0.1, 0.15) is 0 Å². The van der Waals surface area contributed by atoms with Crippen LogP contribution in [-0.4, -0.2) is 56.2 Å². The van der Waals surface area contributed by atoms with Gasteiger partial charge in [0.15, 0.2) is 0 Å². The summed E-state index contributed by atoms with van der Waals surface area (Å²) in [6.07, 6.45) is 7.12. The van der Waals surface area contributed by atoms with Crippen LogP contribution in [0.15, 0.2) is 18.2 Å². The fourth-order valence-electron chi connectivity index (χ4n) is 3.84. The normalized spacial score (nSPS) is 18.7. The number of nitrogens with one attached hydrogen (secondary N) is 1. The maximum Gasteiger partial charge on any atom is 0.337 e. The van der Waals surface area contributed by atoms with Gasteiger partial charge < -0.3 is 19.9 Å². The predicted molar refractivity (Wildman–Crippen MR) is 107 cm³/mol. The number of halogens is 1. The molecule has 148 valence electrons. The Morgan fingerprint density at radius 3 is 2.37 bits per heavy atom. The van der Waals surface area contributed by atoms with Gasteiger partial charge in [-0.1, -0.05) is 37.3 Å². The van der Waals surface area contributed by atoms with Crippen molar-refractivity contribution in [2.24, 2.45) is 0 Å². The van der Waals surface area contributed by atoms with Crippen LogP contribution in [0.4, 0.5) is 10.5 Å². The van der Waals surface area contributed by atoms with E-state index in [1.165, 1.54) is 32.8 Å². The van der Waals surface area contributed by atoms with Crippen molar-refractivity contribution in [1.82, 2.24) is 10.2 Å². The molecule has 2 aliphatic rings. The third-order valence-corrected chi connectivity index (χ3v) is 5.78. The first-order valence-electron chi connectivity index (χ1n) is 9.76. The van der Waals surface area contributed by atoms with Crippen LogP contribution < -0.4 is 10.2 Å². The van der Waals surface area contributed by atoms with Crippen molar-refractivity contribution >= 4 is 29.3 Å². The molecular weight excluding hydrogens is 366 g/mol. The highest BCUT2D eigenvalue weighted by molar-refractivity contribution is 6.33. The lowest BCUT2D eigenvalue weighted by molar-refractivity contribution is 0.0600. The third kappa shape index (κ3) is 5.06. The van der Waals surface area contributed by atoms with E-state index in [1.54, 1.807) is 18.2 Å². The van der Waals surface area contributed by atoms with Crippen molar-refractivity contribution in [3.63, 3.8) is 0 Å². The van der Waals surface area contributed by atoms with E-state index in [0.29, 0.717) is 42.8 Å². The maximum atomic E-state index is 12.6. The standard InChI is InChI=1S/C20H28ClN3O3/c1-27-19(25)15-8-9-17(21)18(14-15)23-10-12-24(13-11-23)20(26)22-16-6-4-2-3-5-7-16/h8-9,14,16H,2-7,10-13H2,1H3,(H,22,26). The van der Waals surface area contributed by atoms with E-state index in [2.05, 4.69) is 10.2 Å². The molecule has 1 aromatic rings. The topological polar surface area (TPSA) is 61.9 Å². The molecule has 3 rings (SSSR count). The Morgan fingerprint density at radius 2 is 1.74 bits per heavy atom. The minimum Gasteiger partial charge on any atom is -0.465 e. The van der Waals surface area contributed by atoms with Gasteiger partial charge in [0.25, 0.3) is 0 Å². The highest BCUT2D eigenvalue weighted by atomic mass is 35.5. The summed E-state index contributed by atoms with van der Waals surface area (Å²) in [7, 11) is 1.36. The monoisotopic (exact) mass is 393 g/mol. The van der Waals surface area contributed by atoms with Crippen LogP contribution in [-0.2, 0) is 4.74 Å². The summed E-state index contributed by atoms with van der Waals surface area (Å²) >= 11 is 6.33. The summed E-state index contributed by atoms with van der Waals surface area (Å²) in [4.78, 5) is 28.3. The van der Waals surface area contributed by atoms with E-state index < -0.39 is 0 Å². The number of methoxy groups -OCH3 is 1. The summed E-state index contributed by atoms with van der Waals surface area (Å²) < 4.78 is 4.79. The Bertz CT molecular complexity index is 666. The van der Waals surface area contributed by atoms with Crippen molar-refractivity contribution < 1.29 is 14.3 Å². The fourth-order valence-corrected chi connectivity index (χ4v) is 4.08. The molecule has 1 saturated heterocycles. The molecule has 27 heavy (non-hydrogen) atoms. The van der Waals surface area contributed by atoms with E-state index in [-0.39, 0.29) is 12.0 Å². The van der Waals surface area contributed by atoms with Gasteiger partial charge in [0, 0.05) is 32.2 Å². The molecule has 1 aliphatic heterocycles. The van der Waals surface area contributed by atoms with Crippen LogP contribution in [0.3, 0.4) is 0 Å². The van der Waals surface area contributed by atoms with E-state index >= 15 is 0 Å². The van der Waals surface area contributed by atoms with Gasteiger partial charge >= 0.3 is 12.0 Å². The number of anilines is 1. The molecule has 1 N–H and O–H groups in total. The number of esters is 1. The molecular formula is C20H28ClN3O3. The first-order chi connectivity index (χ1) is 13.1. The minimum absolute atomic E-state index is 0.0379. The lowest BCUT2D eigenvalue weighted by Gasteiger charge is -2.37. The van der Waals surface area contributed by atoms with Crippen molar-refractivity contribution in [3.05, 3.63) is 28.8 Å². The van der Waals surface area contributed by atoms with Crippen LogP contribution in [0.1, 0.15) is 48.9 Å². The van der Waals surface area contributed by atoms with Gasteiger partial charge in [-0.3, -0.25) is 0 Å². The average molecular weight is 394 g/mol. The molecule has 1 aliphatic carbocycles. The molecule has 0 radical (unpaired) electrons. The lowest BCUT2D eigenvalue weighted by atomic mass is 10.1. The molecule has 7 heteroatoms. The zero-order valence-corrected chi connectivity index (χ0v) is 16.6. The lowest BCUT2D eigenvalue weighted by Crippen LogP contribution is -2.53. The smallest absolute Gasteiger partial charge is 0.337 e. The molecule has 6 nitrogen and oxygen atoms in total. The van der Waals surface area contributed by atoms with Crippen molar-refractivity contribution in [2.45, 2.75) is 44.6 Å². The van der Waals surface area contributed by atoms with Crippen molar-refractivity contribution in [3.8, 4) is 0 Å². The SMILES string of the molecule is COC(=O)c1ccc(Cl)c(N2CCN(C(=O)NC3CCCCCC3)CC2)c1. The van der Waals surface area contributed by atoms with Gasteiger partial charge in [-0.15, -0.1) is 0 Å². The number of urea groups is 1. The van der Waals surface area contributed by atoms with Gasteiger partial charge in [0.05, 0.1) is 23.4 Å². The minimum atomic E-state index is -0.380. The quantitative estimate of drug-likeness (QED) is 0.628. The third-order valence-electron chi connectivity index (χ3n) is 5.46. The molecule has 2 fully saturated rings. The van der Waals surface area contributed by atoms with E-state index in [1.807, 2.05) is 4.90 Å². The fraction of sp³-hybridized carbons (Fsp3) is 0.600. The van der Waals surface area contributed by atoms with Crippen LogP contribution >= 0.6 is 11.6 Å². The second-order valence-corrected chi connectivity index (χ2v) is 7.68. The first-order valence-corrected chi connectivity index (χ1v) is 10.1. The van der Waals surface area contributed by atoms with Crippen molar-refractivity contribution in [1.29, 1.82) is 0 Å². The van der Waals surface area contributed by atoms with Crippen molar-refractivity contribution in [2.75, 3.05) is 38.2 Å². The number of hydrogen-bond donors (Lipinski definition) is 1. The van der Waals surface area contributed by atoms with Crippen LogP contribution in [0.5, 0.6) is 0 Å². The molecule has 0 spiro atoms. The summed E-state index contributed by atoms with van der Waals surface area (Å²) in [6.45, 7) is 2.64. The molecule has 2 amide bonds. The second-order valence-electron chi connectivity index (χ2n) is 7.27. The number of hydrogen-bond acceptors (Lipinski definition) is 4. The van der Waals surface area contributed by atoms with Crippen LogP contribution in [0.25, 0.3) is 0 Å². The zero-order valence-electron chi connectivity index (χ0n) is 15.9. The van der Waals surface area contributed by atoms with Crippen LogP contribution in [0, 0.1) is 0 Å². The largest absolute Gasteiger partial charge is 0.465 e. The summed E-state index contributed by atoms with van der Waals surface area (Å²) in [5, 5.41) is 3.80. The van der Waals surface area contributed by atoms with Gasteiger partial charge in [0.2, 0.25) is 0 Å².